The van der Waals surface area contributed by atoms with E-state index in [4.69, 9.17) is 52.1 Å². The first kappa shape index (κ1) is 65.4. The molecule has 0 aromatic heterocycles. The molecule has 79 heavy (non-hydrogen) atoms. The van der Waals surface area contributed by atoms with Crippen molar-refractivity contribution in [1.82, 2.24) is 10.6 Å². The maximum atomic E-state index is 13.6. The number of aliphatic hydroxyl groups is 19. The Morgan fingerprint density at radius 2 is 1.08 bits per heavy atom. The third-order valence-corrected chi connectivity index (χ3v) is 14.3. The van der Waals surface area contributed by atoms with E-state index in [1.165, 1.54) is 6.92 Å². The maximum Gasteiger partial charge on any atom is 0.364 e. The number of aliphatic carboxylic acids is 1. The minimum Gasteiger partial charge on any atom is -0.477 e. The van der Waals surface area contributed by atoms with Crippen LogP contribution in [0.1, 0.15) is 20.3 Å². The van der Waals surface area contributed by atoms with Crippen LogP contribution in [0.2, 0.25) is 0 Å². The fraction of sp³-hybridized carbons (Fsp3) is 0.930. The van der Waals surface area contributed by atoms with Crippen molar-refractivity contribution in [1.29, 1.82) is 0 Å². The molecule has 6 heterocycles. The van der Waals surface area contributed by atoms with Crippen LogP contribution in [0.3, 0.4) is 0 Å². The molecule has 6 fully saturated rings. The number of rotatable bonds is 21. The highest BCUT2D eigenvalue weighted by Crippen LogP contribution is 2.41. The van der Waals surface area contributed by atoms with E-state index in [0.717, 1.165) is 6.92 Å². The first-order valence-corrected chi connectivity index (χ1v) is 24.8. The lowest BCUT2D eigenvalue weighted by molar-refractivity contribution is -0.405. The molecule has 6 aliphatic rings. The largest absolute Gasteiger partial charge is 0.477 e. The topological polar surface area (TPSA) is 581 Å². The SMILES string of the molecule is CC(=O)N[C@H]1[C@H](O[C@@H]2[C@H](O[C@]3(C(=O)O)C[C@H](O)[C@@H](NC(=O)CO)[C@H]([C@H](O)[C@H](O)CO)O3)[C@@H](O)[C@H](O[C@H]3[C@H](O)[C@@H](O)[C@H](O)O[C@@H]3CO)O[C@@H]2CO)O[C@H](CO)[C@H](O)[C@@H]1O[C@@H]1O[C@H](CO)[C@H](O)[C@H](O)[C@H]1O[C@@H]1O[C@@H](C)[C@@H](O)[C@@H](O)[C@@H]1O. The Balaban J connectivity index is 1.43. The van der Waals surface area contributed by atoms with Gasteiger partial charge in [-0.1, -0.05) is 0 Å². The van der Waals surface area contributed by atoms with Gasteiger partial charge < -0.3 is 165 Å². The predicted octanol–water partition coefficient (Wildman–Crippen LogP) is -14.6. The summed E-state index contributed by atoms with van der Waals surface area (Å²) >= 11 is 0. The summed E-state index contributed by atoms with van der Waals surface area (Å²) in [6, 6.07) is -3.92. The molecule has 0 aromatic rings. The Morgan fingerprint density at radius 1 is 0.544 bits per heavy atom. The average Bonchev–Trinajstić information content (AvgIpc) is 3.43. The molecule has 36 nitrogen and oxygen atoms in total. The second-order valence-corrected chi connectivity index (χ2v) is 19.7. The van der Waals surface area contributed by atoms with Gasteiger partial charge in [-0.15, -0.1) is 0 Å². The normalized spacial score (nSPS) is 47.7. The van der Waals surface area contributed by atoms with Crippen LogP contribution >= 0.6 is 0 Å². The van der Waals surface area contributed by atoms with E-state index in [2.05, 4.69) is 10.6 Å². The highest BCUT2D eigenvalue weighted by molar-refractivity contribution is 5.78. The van der Waals surface area contributed by atoms with E-state index in [-0.39, 0.29) is 0 Å². The highest BCUT2D eigenvalue weighted by Gasteiger charge is 2.62. The summed E-state index contributed by atoms with van der Waals surface area (Å²) in [5.74, 6) is -7.89. The summed E-state index contributed by atoms with van der Waals surface area (Å²) in [6.45, 7) is -4.84. The maximum absolute atomic E-state index is 13.6. The van der Waals surface area contributed by atoms with E-state index < -0.39 is 254 Å². The van der Waals surface area contributed by atoms with Crippen molar-refractivity contribution in [2.45, 2.75) is 210 Å². The molecule has 0 bridgehead atoms. The first-order chi connectivity index (χ1) is 37.2. The van der Waals surface area contributed by atoms with Crippen LogP contribution in [-0.2, 0) is 66.5 Å². The fourth-order valence-electron chi connectivity index (χ4n) is 9.94. The molecule has 36 heteroatoms. The number of carbonyl (C=O) groups excluding carboxylic acids is 2. The third-order valence-electron chi connectivity index (χ3n) is 14.3. The van der Waals surface area contributed by atoms with E-state index in [9.17, 15) is 117 Å². The Bertz CT molecular complexity index is 1970. The van der Waals surface area contributed by atoms with Gasteiger partial charge in [0.1, 0.15) is 141 Å². The Hall–Kier alpha value is -2.79. The lowest BCUT2D eigenvalue weighted by Gasteiger charge is -2.53. The van der Waals surface area contributed by atoms with Crippen molar-refractivity contribution in [3.8, 4) is 0 Å². The molecule has 6 rings (SSSR count). The van der Waals surface area contributed by atoms with Crippen LogP contribution in [-0.4, -0.2) is 349 Å². The van der Waals surface area contributed by atoms with Crippen molar-refractivity contribution < 1.29 is 169 Å². The van der Waals surface area contributed by atoms with Crippen LogP contribution in [0.5, 0.6) is 0 Å². The zero-order valence-corrected chi connectivity index (χ0v) is 41.9. The van der Waals surface area contributed by atoms with Gasteiger partial charge >= 0.3 is 5.97 Å². The molecule has 0 radical (unpaired) electrons. The number of hydrogen-bond acceptors (Lipinski definition) is 33. The number of carbonyl (C=O) groups is 3. The summed E-state index contributed by atoms with van der Waals surface area (Å²) in [6.07, 6.45) is -59.7. The standard InChI is InChI=1S/C43H72N2O34/c1-10-21(56)25(60)29(64)39(69-10)77-36-26(61)23(58)14(5-47)72-41(36)76-33-20(44-11(2)52)38(71-15(6-48)24(33)59)75-32-17(8-50)73-40(74-31-16(7-49)70-37(66)28(63)27(31)62)30(65)35(32)79-43(42(67)68)3-12(53)19(45-18(55)9-51)34(78-43)22(57)13(54)4-46/h10,12-17,19-41,46-51,53-54,56-66H,3-9H2,1-2H3,(H,44,52)(H,45,55)(H,67,68)/t10-,12-,13+,14+,15+,16+,17+,19+,20+,21+,22+,23-,24-,25+,26-,27+,28+,29-,30+,31+,32-,33+,34+,35+,36+,37+,38-,39-,40-,41-,43-/m0/s1. The number of hydrogen-bond donors (Lipinski definition) is 22. The van der Waals surface area contributed by atoms with E-state index in [1.54, 1.807) is 0 Å². The molecule has 458 valence electrons. The number of carboxylic acid groups (broad SMARTS) is 1. The van der Waals surface area contributed by atoms with Crippen molar-refractivity contribution >= 4 is 17.8 Å². The Labute approximate surface area is 446 Å². The van der Waals surface area contributed by atoms with Gasteiger partial charge in [-0.25, -0.2) is 4.79 Å². The van der Waals surface area contributed by atoms with Crippen LogP contribution in [0.25, 0.3) is 0 Å². The molecule has 0 unspecified atom stereocenters. The van der Waals surface area contributed by atoms with Gasteiger partial charge in [0.25, 0.3) is 5.79 Å². The molecule has 0 aliphatic carbocycles. The first-order valence-electron chi connectivity index (χ1n) is 24.8. The van der Waals surface area contributed by atoms with Crippen LogP contribution in [0, 0.1) is 0 Å². The van der Waals surface area contributed by atoms with E-state index >= 15 is 0 Å². The van der Waals surface area contributed by atoms with Crippen molar-refractivity contribution in [2.75, 3.05) is 39.6 Å². The molecular weight excluding hydrogens is 1090 g/mol. The Morgan fingerprint density at radius 3 is 1.66 bits per heavy atom. The fourth-order valence-corrected chi connectivity index (χ4v) is 9.94. The Kier molecular flexibility index (Phi) is 22.9. The summed E-state index contributed by atoms with van der Waals surface area (Å²) in [5, 5.41) is 219. The number of carboxylic acids is 1. The van der Waals surface area contributed by atoms with Gasteiger partial charge in [-0.05, 0) is 6.92 Å². The quantitative estimate of drug-likeness (QED) is 0.0507. The van der Waals surface area contributed by atoms with Crippen molar-refractivity contribution in [3.63, 3.8) is 0 Å². The van der Waals surface area contributed by atoms with Gasteiger partial charge in [0.15, 0.2) is 31.5 Å². The molecule has 6 saturated heterocycles. The van der Waals surface area contributed by atoms with Gasteiger partial charge in [0, 0.05) is 13.3 Å². The lowest BCUT2D eigenvalue weighted by Crippen LogP contribution is -2.72. The zero-order chi connectivity index (χ0) is 58.7. The molecule has 0 saturated carbocycles. The zero-order valence-electron chi connectivity index (χ0n) is 41.9. The van der Waals surface area contributed by atoms with Gasteiger partial charge in [0.05, 0.1) is 51.3 Å². The lowest BCUT2D eigenvalue weighted by atomic mass is 9.88. The van der Waals surface area contributed by atoms with E-state index in [1.807, 2.05) is 0 Å². The van der Waals surface area contributed by atoms with E-state index in [0.29, 0.717) is 0 Å². The van der Waals surface area contributed by atoms with Crippen LogP contribution < -0.4 is 10.6 Å². The van der Waals surface area contributed by atoms with Crippen molar-refractivity contribution in [3.05, 3.63) is 0 Å². The molecule has 31 atom stereocenters. The number of nitrogens with one attached hydrogen (secondary N) is 2. The molecule has 2 amide bonds. The molecule has 0 spiro atoms. The van der Waals surface area contributed by atoms with Crippen LogP contribution in [0.4, 0.5) is 0 Å². The minimum atomic E-state index is -3.44. The second-order valence-electron chi connectivity index (χ2n) is 19.7. The third kappa shape index (κ3) is 13.9. The molecular formula is C43H72N2O34. The van der Waals surface area contributed by atoms with Gasteiger partial charge in [-0.3, -0.25) is 9.59 Å². The smallest absolute Gasteiger partial charge is 0.364 e. The summed E-state index contributed by atoms with van der Waals surface area (Å²) in [5.41, 5.74) is 0. The molecule has 22 N–H and O–H groups in total. The number of ether oxygens (including phenoxy) is 11. The number of aliphatic hydroxyl groups excluding tert-OH is 19. The summed E-state index contributed by atoms with van der Waals surface area (Å²) < 4.78 is 63.8. The predicted molar refractivity (Wildman–Crippen MR) is 240 cm³/mol. The van der Waals surface area contributed by atoms with Crippen LogP contribution in [0.15, 0.2) is 0 Å². The monoisotopic (exact) mass is 1160 g/mol. The minimum absolute atomic E-state index is 0.917. The molecule has 6 aliphatic heterocycles. The summed E-state index contributed by atoms with van der Waals surface area (Å²) in [7, 11) is 0. The highest BCUT2D eigenvalue weighted by atomic mass is 16.8. The van der Waals surface area contributed by atoms with Crippen molar-refractivity contribution in [2.24, 2.45) is 0 Å². The summed E-state index contributed by atoms with van der Waals surface area (Å²) in [4.78, 5) is 39.0. The average molecular weight is 1160 g/mol. The number of amides is 2. The van der Waals surface area contributed by atoms with Gasteiger partial charge in [-0.2, -0.15) is 0 Å². The second kappa shape index (κ2) is 27.7. The van der Waals surface area contributed by atoms with Gasteiger partial charge in [0.2, 0.25) is 11.8 Å². The molecule has 0 aromatic carbocycles.